The van der Waals surface area contributed by atoms with Crippen molar-refractivity contribution in [2.45, 2.75) is 17.7 Å². The molecule has 3 rings (SSSR count). The number of nitrogens with one attached hydrogen (secondary N) is 1. The maximum Gasteiger partial charge on any atom is 0.250 e. The molecule has 0 aliphatic rings. The highest BCUT2D eigenvalue weighted by atomic mass is 32.2. The topological polar surface area (TPSA) is 99.5 Å². The van der Waals surface area contributed by atoms with Crippen molar-refractivity contribution in [1.29, 1.82) is 0 Å². The number of aromatic nitrogens is 1. The number of thiazole rings is 1. The van der Waals surface area contributed by atoms with Crippen LogP contribution in [0.4, 0.5) is 0 Å². The van der Waals surface area contributed by atoms with Crippen molar-refractivity contribution in [3.63, 3.8) is 0 Å². The lowest BCUT2D eigenvalue weighted by Crippen LogP contribution is -2.22. The molecule has 0 saturated heterocycles. The molecule has 1 aromatic carbocycles. The predicted octanol–water partition coefficient (Wildman–Crippen LogP) is 3.07. The molecular weight excluding hydrogens is 368 g/mol. The molecule has 3 aromatic rings. The Labute approximate surface area is 147 Å². The molecule has 0 atom stereocenters. The number of aryl methyl sites for hydroxylation is 1. The molecule has 6 nitrogen and oxygen atoms in total. The molecule has 126 valence electrons. The van der Waals surface area contributed by atoms with Crippen molar-refractivity contribution in [2.75, 3.05) is 0 Å². The lowest BCUT2D eigenvalue weighted by atomic mass is 10.1. The molecule has 0 aliphatic heterocycles. The van der Waals surface area contributed by atoms with E-state index in [1.54, 1.807) is 23.6 Å². The Hall–Kier alpha value is -1.94. The number of hydrogen-bond donors (Lipinski definition) is 3. The third-order valence-corrected chi connectivity index (χ3v) is 6.96. The van der Waals surface area contributed by atoms with Crippen LogP contribution in [0.3, 0.4) is 0 Å². The van der Waals surface area contributed by atoms with E-state index in [4.69, 9.17) is 0 Å². The van der Waals surface area contributed by atoms with Gasteiger partial charge < -0.3 is 10.2 Å². The number of phenols is 2. The lowest BCUT2D eigenvalue weighted by molar-refractivity contribution is 0.404. The van der Waals surface area contributed by atoms with Crippen molar-refractivity contribution < 1.29 is 18.6 Å². The van der Waals surface area contributed by atoms with Gasteiger partial charge in [-0.15, -0.1) is 22.7 Å². The van der Waals surface area contributed by atoms with Crippen molar-refractivity contribution in [3.05, 3.63) is 45.6 Å². The Balaban J connectivity index is 1.73. The van der Waals surface area contributed by atoms with Crippen LogP contribution in [0.1, 0.15) is 9.88 Å². The summed E-state index contributed by atoms with van der Waals surface area (Å²) in [6.07, 6.45) is 0. The van der Waals surface area contributed by atoms with Gasteiger partial charge in [-0.05, 0) is 37.3 Å². The molecule has 0 fully saturated rings. The molecule has 0 amide bonds. The molecular formula is C15H14N2O4S3. The number of aromatic hydroxyl groups is 2. The normalized spacial score (nSPS) is 11.7. The van der Waals surface area contributed by atoms with Crippen LogP contribution in [0.5, 0.6) is 11.5 Å². The van der Waals surface area contributed by atoms with Crippen molar-refractivity contribution in [1.82, 2.24) is 9.71 Å². The molecule has 24 heavy (non-hydrogen) atoms. The van der Waals surface area contributed by atoms with Gasteiger partial charge in [0, 0.05) is 15.8 Å². The Morgan fingerprint density at radius 1 is 1.17 bits per heavy atom. The molecule has 0 saturated carbocycles. The lowest BCUT2D eigenvalue weighted by Gasteiger charge is -2.02. The largest absolute Gasteiger partial charge is 0.504 e. The Morgan fingerprint density at radius 2 is 1.96 bits per heavy atom. The second-order valence-corrected chi connectivity index (χ2v) is 9.24. The van der Waals surface area contributed by atoms with Crippen molar-refractivity contribution >= 4 is 32.7 Å². The highest BCUT2D eigenvalue weighted by Gasteiger charge is 2.17. The van der Waals surface area contributed by atoms with E-state index in [0.29, 0.717) is 16.3 Å². The van der Waals surface area contributed by atoms with Crippen LogP contribution in [0, 0.1) is 6.92 Å². The highest BCUT2D eigenvalue weighted by Crippen LogP contribution is 2.31. The van der Waals surface area contributed by atoms with Gasteiger partial charge in [-0.2, -0.15) is 0 Å². The van der Waals surface area contributed by atoms with Crippen LogP contribution in [-0.4, -0.2) is 23.6 Å². The second kappa shape index (κ2) is 6.52. The van der Waals surface area contributed by atoms with Gasteiger partial charge in [-0.1, -0.05) is 0 Å². The molecule has 0 unspecified atom stereocenters. The summed E-state index contributed by atoms with van der Waals surface area (Å²) in [5.74, 6) is -0.427. The number of rotatable bonds is 5. The van der Waals surface area contributed by atoms with E-state index in [1.807, 2.05) is 6.92 Å². The Morgan fingerprint density at radius 3 is 2.62 bits per heavy atom. The van der Waals surface area contributed by atoms with E-state index in [1.165, 1.54) is 34.8 Å². The first-order chi connectivity index (χ1) is 11.3. The van der Waals surface area contributed by atoms with E-state index >= 15 is 0 Å². The number of hydrogen-bond acceptors (Lipinski definition) is 7. The summed E-state index contributed by atoms with van der Waals surface area (Å²) < 4.78 is 27.2. The van der Waals surface area contributed by atoms with E-state index in [2.05, 4.69) is 9.71 Å². The van der Waals surface area contributed by atoms with Gasteiger partial charge >= 0.3 is 0 Å². The summed E-state index contributed by atoms with van der Waals surface area (Å²) in [5, 5.41) is 21.3. The molecule has 0 aliphatic carbocycles. The van der Waals surface area contributed by atoms with E-state index < -0.39 is 10.0 Å². The Bertz CT molecular complexity index is 976. The van der Waals surface area contributed by atoms with Crippen LogP contribution >= 0.6 is 22.7 Å². The van der Waals surface area contributed by atoms with Crippen molar-refractivity contribution in [3.8, 4) is 22.8 Å². The standard InChI is InChI=1S/C15H14N2O4S3/c1-9-2-5-15(23-9)24(20,21)16-7-14-17-11(8-22-14)10-3-4-12(18)13(19)6-10/h2-6,8,16,18-19H,7H2,1H3. The third-order valence-electron chi connectivity index (χ3n) is 3.22. The zero-order valence-corrected chi connectivity index (χ0v) is 15.0. The van der Waals surface area contributed by atoms with Crippen LogP contribution in [0.2, 0.25) is 0 Å². The van der Waals surface area contributed by atoms with Gasteiger partial charge in [-0.3, -0.25) is 0 Å². The molecule has 0 bridgehead atoms. The molecule has 2 aromatic heterocycles. The zero-order valence-electron chi connectivity index (χ0n) is 12.6. The number of sulfonamides is 1. The summed E-state index contributed by atoms with van der Waals surface area (Å²) in [7, 11) is -3.54. The van der Waals surface area contributed by atoms with Crippen LogP contribution in [-0.2, 0) is 16.6 Å². The highest BCUT2D eigenvalue weighted by molar-refractivity contribution is 7.91. The number of nitrogens with zero attached hydrogens (tertiary/aromatic N) is 1. The minimum absolute atomic E-state index is 0.0913. The smallest absolute Gasteiger partial charge is 0.250 e. The van der Waals surface area contributed by atoms with Gasteiger partial charge in [0.15, 0.2) is 11.5 Å². The van der Waals surface area contributed by atoms with E-state index in [0.717, 1.165) is 4.88 Å². The SMILES string of the molecule is Cc1ccc(S(=O)(=O)NCc2nc(-c3ccc(O)c(O)c3)cs2)s1. The van der Waals surface area contributed by atoms with Crippen molar-refractivity contribution in [2.24, 2.45) is 0 Å². The van der Waals surface area contributed by atoms with Crippen LogP contribution in [0.15, 0.2) is 39.9 Å². The summed E-state index contributed by atoms with van der Waals surface area (Å²) in [4.78, 5) is 5.29. The van der Waals surface area contributed by atoms with Gasteiger partial charge in [0.25, 0.3) is 0 Å². The molecule has 2 heterocycles. The second-order valence-electron chi connectivity index (χ2n) is 5.02. The molecule has 3 N–H and O–H groups in total. The van der Waals surface area contributed by atoms with E-state index in [9.17, 15) is 18.6 Å². The maximum atomic E-state index is 12.2. The van der Waals surface area contributed by atoms with Crippen LogP contribution < -0.4 is 4.72 Å². The first-order valence-electron chi connectivity index (χ1n) is 6.88. The van der Waals surface area contributed by atoms with Gasteiger partial charge in [0.2, 0.25) is 10.0 Å². The fourth-order valence-corrected chi connectivity index (χ4v) is 5.14. The molecule has 9 heteroatoms. The maximum absolute atomic E-state index is 12.2. The van der Waals surface area contributed by atoms with Gasteiger partial charge in [0.05, 0.1) is 12.2 Å². The minimum atomic E-state index is -3.54. The fourth-order valence-electron chi connectivity index (χ4n) is 1.99. The number of phenolic OH excluding ortho intramolecular Hbond substituents is 2. The van der Waals surface area contributed by atoms with Gasteiger partial charge in [-0.25, -0.2) is 18.1 Å². The predicted molar refractivity (Wildman–Crippen MR) is 94.0 cm³/mol. The van der Waals surface area contributed by atoms with Crippen LogP contribution in [0.25, 0.3) is 11.3 Å². The molecule has 0 spiro atoms. The third kappa shape index (κ3) is 3.59. The first kappa shape index (κ1) is 16.9. The average molecular weight is 382 g/mol. The Kier molecular flexibility index (Phi) is 4.59. The number of benzene rings is 1. The summed E-state index contributed by atoms with van der Waals surface area (Å²) in [6.45, 7) is 1.94. The zero-order chi connectivity index (χ0) is 17.3. The number of thiophene rings is 1. The summed E-state index contributed by atoms with van der Waals surface area (Å²) >= 11 is 2.53. The van der Waals surface area contributed by atoms with E-state index in [-0.39, 0.29) is 22.3 Å². The summed E-state index contributed by atoms with van der Waals surface area (Å²) in [6, 6.07) is 7.76. The fraction of sp³-hybridized carbons (Fsp3) is 0.133. The summed E-state index contributed by atoms with van der Waals surface area (Å²) in [5.41, 5.74) is 1.25. The average Bonchev–Trinajstić information content (AvgIpc) is 3.17. The van der Waals surface area contributed by atoms with Gasteiger partial charge in [0.1, 0.15) is 9.22 Å². The molecule has 0 radical (unpaired) electrons. The monoisotopic (exact) mass is 382 g/mol. The first-order valence-corrected chi connectivity index (χ1v) is 10.1. The minimum Gasteiger partial charge on any atom is -0.504 e. The quantitative estimate of drug-likeness (QED) is 0.589.